The first kappa shape index (κ1) is 23.3. The maximum atomic E-state index is 13.4. The van der Waals surface area contributed by atoms with E-state index in [1.165, 1.54) is 11.3 Å². The molecule has 1 aromatic heterocycles. The van der Waals surface area contributed by atoms with Gasteiger partial charge in [0.1, 0.15) is 21.3 Å². The summed E-state index contributed by atoms with van der Waals surface area (Å²) in [6, 6.07) is 15.1. The zero-order valence-electron chi connectivity index (χ0n) is 19.9. The summed E-state index contributed by atoms with van der Waals surface area (Å²) in [5.41, 5.74) is 1.57. The van der Waals surface area contributed by atoms with Gasteiger partial charge < -0.3 is 14.8 Å². The van der Waals surface area contributed by atoms with Crippen LogP contribution in [0.2, 0.25) is 0 Å². The van der Waals surface area contributed by atoms with E-state index in [4.69, 9.17) is 9.47 Å². The highest BCUT2D eigenvalue weighted by atomic mass is 32.1. The second kappa shape index (κ2) is 9.72. The van der Waals surface area contributed by atoms with Gasteiger partial charge in [0.25, 0.3) is 0 Å². The summed E-state index contributed by atoms with van der Waals surface area (Å²) >= 11 is 1.42. The van der Waals surface area contributed by atoms with E-state index in [0.29, 0.717) is 35.2 Å². The standard InChI is InChI=1S/C27H28N4O4S/c32-22(17-24-29-30-25(36-24)18-4-2-1-3-5-18)19-6-9-23(35-20-7-8-20)21(16-19)28-26(33)27(10-11-27)31-12-14-34-15-13-31/h1-6,9,16,20H,7-8,10-15,17H2,(H,28,33). The van der Waals surface area contributed by atoms with Gasteiger partial charge in [-0.15, -0.1) is 10.2 Å². The molecule has 2 saturated carbocycles. The molecule has 8 nitrogen and oxygen atoms in total. The fourth-order valence-corrected chi connectivity index (χ4v) is 5.41. The number of nitrogens with zero attached hydrogens (tertiary/aromatic N) is 3. The lowest BCUT2D eigenvalue weighted by Gasteiger charge is -2.34. The van der Waals surface area contributed by atoms with E-state index < -0.39 is 5.54 Å². The number of anilines is 1. The van der Waals surface area contributed by atoms with Gasteiger partial charge in [-0.1, -0.05) is 41.7 Å². The van der Waals surface area contributed by atoms with E-state index in [1.807, 2.05) is 30.3 Å². The Kier molecular flexibility index (Phi) is 6.29. The molecule has 0 atom stereocenters. The van der Waals surface area contributed by atoms with Crippen molar-refractivity contribution in [2.24, 2.45) is 0 Å². The van der Waals surface area contributed by atoms with Crippen LogP contribution in [0.25, 0.3) is 10.6 Å². The number of Topliss-reactive ketones (excluding diaryl/α,β-unsaturated/α-hetero) is 1. The van der Waals surface area contributed by atoms with Crippen LogP contribution in [0.1, 0.15) is 41.0 Å². The first-order valence-corrected chi connectivity index (χ1v) is 13.3. The van der Waals surface area contributed by atoms with Gasteiger partial charge in [-0.25, -0.2) is 0 Å². The van der Waals surface area contributed by atoms with E-state index in [-0.39, 0.29) is 24.2 Å². The van der Waals surface area contributed by atoms with Crippen molar-refractivity contribution in [3.63, 3.8) is 0 Å². The summed E-state index contributed by atoms with van der Waals surface area (Å²) in [5.74, 6) is 0.502. The Balaban J connectivity index is 1.20. The topological polar surface area (TPSA) is 93.7 Å². The maximum Gasteiger partial charge on any atom is 0.245 e. The molecule has 2 heterocycles. The smallest absolute Gasteiger partial charge is 0.245 e. The average Bonchev–Trinajstić information content (AvgIpc) is 3.85. The van der Waals surface area contributed by atoms with Crippen LogP contribution in [-0.2, 0) is 16.0 Å². The third-order valence-electron chi connectivity index (χ3n) is 6.93. The first-order chi connectivity index (χ1) is 17.6. The summed E-state index contributed by atoms with van der Waals surface area (Å²) in [7, 11) is 0. The number of morpholine rings is 1. The number of aromatic nitrogens is 2. The second-order valence-electron chi connectivity index (χ2n) is 9.58. The summed E-state index contributed by atoms with van der Waals surface area (Å²) in [6.45, 7) is 2.80. The molecule has 9 heteroatoms. The Morgan fingerprint density at radius 2 is 1.86 bits per heavy atom. The number of carbonyl (C=O) groups is 2. The van der Waals surface area contributed by atoms with Crippen LogP contribution in [0.3, 0.4) is 0 Å². The minimum Gasteiger partial charge on any atom is -0.488 e. The zero-order chi connectivity index (χ0) is 24.5. The van der Waals surface area contributed by atoms with E-state index in [0.717, 1.165) is 49.3 Å². The summed E-state index contributed by atoms with van der Waals surface area (Å²) in [6.07, 6.45) is 4.00. The van der Waals surface area contributed by atoms with Crippen molar-refractivity contribution in [2.75, 3.05) is 31.6 Å². The molecule has 0 radical (unpaired) electrons. The number of carbonyl (C=O) groups excluding carboxylic acids is 2. The first-order valence-electron chi connectivity index (χ1n) is 12.5. The molecule has 3 fully saturated rings. The van der Waals surface area contributed by atoms with Crippen molar-refractivity contribution in [3.8, 4) is 16.3 Å². The number of ketones is 1. The van der Waals surface area contributed by atoms with Crippen molar-refractivity contribution in [2.45, 2.75) is 43.7 Å². The highest BCUT2D eigenvalue weighted by Gasteiger charge is 2.54. The molecule has 2 aromatic carbocycles. The number of ether oxygens (including phenoxy) is 2. The van der Waals surface area contributed by atoms with E-state index in [9.17, 15) is 9.59 Å². The number of nitrogens with one attached hydrogen (secondary N) is 1. The van der Waals surface area contributed by atoms with E-state index >= 15 is 0 Å². The Labute approximate surface area is 213 Å². The predicted molar refractivity (Wildman–Crippen MR) is 136 cm³/mol. The highest BCUT2D eigenvalue weighted by Crippen LogP contribution is 2.44. The van der Waals surface area contributed by atoms with E-state index in [2.05, 4.69) is 20.4 Å². The van der Waals surface area contributed by atoms with Crippen LogP contribution >= 0.6 is 11.3 Å². The fourth-order valence-electron chi connectivity index (χ4n) is 4.57. The molecule has 0 spiro atoms. The fraction of sp³-hybridized carbons (Fsp3) is 0.407. The molecule has 0 unspecified atom stereocenters. The van der Waals surface area contributed by atoms with Gasteiger partial charge in [-0.2, -0.15) is 0 Å². The monoisotopic (exact) mass is 504 g/mol. The van der Waals surface area contributed by atoms with Crippen molar-refractivity contribution in [1.82, 2.24) is 15.1 Å². The van der Waals surface area contributed by atoms with Crippen LogP contribution in [-0.4, -0.2) is 64.7 Å². The minimum absolute atomic E-state index is 0.0359. The number of benzene rings is 2. The van der Waals surface area contributed by atoms with Crippen LogP contribution in [0, 0.1) is 0 Å². The molecule has 6 rings (SSSR count). The lowest BCUT2D eigenvalue weighted by atomic mass is 10.1. The Bertz CT molecular complexity index is 1260. The maximum absolute atomic E-state index is 13.4. The molecule has 3 aliphatic rings. The van der Waals surface area contributed by atoms with Gasteiger partial charge in [-0.05, 0) is 43.9 Å². The SMILES string of the molecule is O=C(Cc1nnc(-c2ccccc2)s1)c1ccc(OC2CC2)c(NC(=O)C2(N3CCOCC3)CC2)c1. The minimum atomic E-state index is -0.485. The number of rotatable bonds is 9. The molecule has 3 aromatic rings. The molecular formula is C27H28N4O4S. The summed E-state index contributed by atoms with van der Waals surface area (Å²) in [4.78, 5) is 28.8. The molecule has 2 aliphatic carbocycles. The lowest BCUT2D eigenvalue weighted by molar-refractivity contribution is -0.124. The zero-order valence-corrected chi connectivity index (χ0v) is 20.8. The Morgan fingerprint density at radius 3 is 2.58 bits per heavy atom. The van der Waals surface area contributed by atoms with Crippen molar-refractivity contribution >= 4 is 28.7 Å². The molecule has 1 saturated heterocycles. The summed E-state index contributed by atoms with van der Waals surface area (Å²) < 4.78 is 11.5. The van der Waals surface area contributed by atoms with Crippen molar-refractivity contribution in [3.05, 3.63) is 59.1 Å². The molecular weight excluding hydrogens is 476 g/mol. The van der Waals surface area contributed by atoms with Gasteiger partial charge in [0.2, 0.25) is 5.91 Å². The van der Waals surface area contributed by atoms with E-state index in [1.54, 1.807) is 18.2 Å². The largest absolute Gasteiger partial charge is 0.488 e. The molecule has 1 aliphatic heterocycles. The quantitative estimate of drug-likeness (QED) is 0.441. The molecule has 0 bridgehead atoms. The number of hydrogen-bond donors (Lipinski definition) is 1. The predicted octanol–water partition coefficient (Wildman–Crippen LogP) is 3.98. The van der Waals surface area contributed by atoms with Crippen LogP contribution < -0.4 is 10.1 Å². The highest BCUT2D eigenvalue weighted by molar-refractivity contribution is 7.14. The Hall–Kier alpha value is -3.14. The van der Waals surface area contributed by atoms with Crippen molar-refractivity contribution in [1.29, 1.82) is 0 Å². The molecule has 1 N–H and O–H groups in total. The normalized spacial score (nSPS) is 19.0. The van der Waals surface area contributed by atoms with Gasteiger partial charge in [0.15, 0.2) is 5.78 Å². The van der Waals surface area contributed by atoms with Crippen LogP contribution in [0.5, 0.6) is 5.75 Å². The lowest BCUT2D eigenvalue weighted by Crippen LogP contribution is -2.51. The van der Waals surface area contributed by atoms with Gasteiger partial charge in [-0.3, -0.25) is 14.5 Å². The van der Waals surface area contributed by atoms with Gasteiger partial charge in [0.05, 0.1) is 31.4 Å². The molecule has 186 valence electrons. The second-order valence-corrected chi connectivity index (χ2v) is 10.6. The van der Waals surface area contributed by atoms with Gasteiger partial charge >= 0.3 is 0 Å². The van der Waals surface area contributed by atoms with Crippen LogP contribution in [0.15, 0.2) is 48.5 Å². The number of amides is 1. The number of hydrogen-bond acceptors (Lipinski definition) is 8. The molecule has 1 amide bonds. The van der Waals surface area contributed by atoms with Crippen LogP contribution in [0.4, 0.5) is 5.69 Å². The third kappa shape index (κ3) is 4.91. The molecule has 36 heavy (non-hydrogen) atoms. The average molecular weight is 505 g/mol. The Morgan fingerprint density at radius 1 is 1.08 bits per heavy atom. The third-order valence-corrected chi connectivity index (χ3v) is 7.90. The summed E-state index contributed by atoms with van der Waals surface area (Å²) in [5, 5.41) is 13.0. The van der Waals surface area contributed by atoms with Crippen molar-refractivity contribution < 1.29 is 19.1 Å². The van der Waals surface area contributed by atoms with Gasteiger partial charge in [0, 0.05) is 24.2 Å².